The van der Waals surface area contributed by atoms with Crippen molar-refractivity contribution in [3.8, 4) is 0 Å². The van der Waals surface area contributed by atoms with E-state index in [1.54, 1.807) is 0 Å². The minimum absolute atomic E-state index is 0.0169. The molecular weight excluding hydrogens is 287 g/mol. The van der Waals surface area contributed by atoms with Crippen LogP contribution in [0.15, 0.2) is 12.3 Å². The third-order valence-electron chi connectivity index (χ3n) is 2.31. The fraction of sp³-hybridized carbons (Fsp3) is 0.300. The zero-order valence-corrected chi connectivity index (χ0v) is 10.3. The van der Waals surface area contributed by atoms with Crippen molar-refractivity contribution < 1.29 is 22.7 Å². The minimum atomic E-state index is -4.43. The van der Waals surface area contributed by atoms with E-state index in [0.717, 1.165) is 17.7 Å². The molecule has 0 amide bonds. The number of nitrogens with zero attached hydrogens (tertiary/aromatic N) is 3. The summed E-state index contributed by atoms with van der Waals surface area (Å²) < 4.78 is 42.6. The molecule has 0 N–H and O–H groups in total. The second kappa shape index (κ2) is 4.69. The van der Waals surface area contributed by atoms with Crippen molar-refractivity contribution in [2.45, 2.75) is 12.6 Å². The number of carbonyl (C=O) groups is 1. The van der Waals surface area contributed by atoms with Gasteiger partial charge < -0.3 is 4.74 Å². The number of rotatable bonds is 2. The molecule has 2 rings (SSSR count). The molecule has 0 radical (unpaired) electrons. The molecule has 0 aliphatic heterocycles. The molecule has 0 fully saturated rings. The minimum Gasteiger partial charge on any atom is -0.465 e. The molecule has 5 nitrogen and oxygen atoms in total. The van der Waals surface area contributed by atoms with Gasteiger partial charge >= 0.3 is 12.1 Å². The average Bonchev–Trinajstić information content (AvgIpc) is 2.70. The van der Waals surface area contributed by atoms with E-state index >= 15 is 0 Å². The average molecular weight is 294 g/mol. The molecule has 19 heavy (non-hydrogen) atoms. The third-order valence-corrected chi connectivity index (χ3v) is 2.59. The summed E-state index contributed by atoms with van der Waals surface area (Å²) in [6.07, 6.45) is -4.54. The smallest absolute Gasteiger partial charge is 0.396 e. The van der Waals surface area contributed by atoms with Crippen molar-refractivity contribution in [1.82, 2.24) is 14.6 Å². The van der Waals surface area contributed by atoms with Crippen molar-refractivity contribution in [2.24, 2.45) is 0 Å². The molecule has 0 bridgehead atoms. The van der Waals surface area contributed by atoms with Crippen LogP contribution in [0, 0.1) is 0 Å². The van der Waals surface area contributed by atoms with Crippen LogP contribution in [0.1, 0.15) is 16.2 Å². The van der Waals surface area contributed by atoms with Gasteiger partial charge in [0.15, 0.2) is 5.65 Å². The maximum Gasteiger partial charge on any atom is 0.396 e. The van der Waals surface area contributed by atoms with E-state index in [9.17, 15) is 18.0 Å². The fourth-order valence-electron chi connectivity index (χ4n) is 1.53. The summed E-state index contributed by atoms with van der Waals surface area (Å²) in [5.74, 6) is -1.06. The van der Waals surface area contributed by atoms with Gasteiger partial charge in [-0.15, -0.1) is 10.2 Å². The second-order valence-electron chi connectivity index (χ2n) is 3.67. The van der Waals surface area contributed by atoms with Gasteiger partial charge in [-0.25, -0.2) is 4.79 Å². The Morgan fingerprint density at radius 2 is 2.16 bits per heavy atom. The molecule has 9 heteroatoms. The number of pyridine rings is 1. The lowest BCUT2D eigenvalue weighted by atomic mass is 10.3. The van der Waals surface area contributed by atoms with Gasteiger partial charge in [-0.1, -0.05) is 11.6 Å². The lowest BCUT2D eigenvalue weighted by Gasteiger charge is -2.06. The SMILES string of the molecule is COC(=O)c1cc(Cl)c2nnc(CC(F)(F)F)n2c1. The molecule has 0 aromatic carbocycles. The Hall–Kier alpha value is -1.83. The normalized spacial score (nSPS) is 11.8. The highest BCUT2D eigenvalue weighted by molar-refractivity contribution is 6.33. The van der Waals surface area contributed by atoms with E-state index in [1.807, 2.05) is 0 Å². The molecule has 102 valence electrons. The number of hydrogen-bond acceptors (Lipinski definition) is 4. The monoisotopic (exact) mass is 293 g/mol. The van der Waals surface area contributed by atoms with Gasteiger partial charge in [0.2, 0.25) is 0 Å². The Morgan fingerprint density at radius 3 is 2.74 bits per heavy atom. The third kappa shape index (κ3) is 2.78. The van der Waals surface area contributed by atoms with Gasteiger partial charge in [0.25, 0.3) is 0 Å². The van der Waals surface area contributed by atoms with E-state index < -0.39 is 18.6 Å². The van der Waals surface area contributed by atoms with Crippen LogP contribution in [0.2, 0.25) is 5.02 Å². The first-order chi connectivity index (χ1) is 8.81. The number of fused-ring (bicyclic) bond motifs is 1. The van der Waals surface area contributed by atoms with E-state index in [4.69, 9.17) is 11.6 Å². The molecule has 0 aliphatic rings. The van der Waals surface area contributed by atoms with Gasteiger partial charge in [-0.3, -0.25) is 4.40 Å². The molecule has 0 spiro atoms. The van der Waals surface area contributed by atoms with Crippen LogP contribution in [0.5, 0.6) is 0 Å². The zero-order chi connectivity index (χ0) is 14.2. The second-order valence-corrected chi connectivity index (χ2v) is 4.08. The number of carbonyl (C=O) groups excluding carboxylic acids is 1. The zero-order valence-electron chi connectivity index (χ0n) is 9.53. The standard InChI is InChI=1S/C10H7ClF3N3O2/c1-19-9(18)5-2-6(11)8-16-15-7(17(8)4-5)3-10(12,13)14/h2,4H,3H2,1H3. The van der Waals surface area contributed by atoms with Crippen LogP contribution in [-0.4, -0.2) is 33.9 Å². The van der Waals surface area contributed by atoms with Crippen LogP contribution in [0.3, 0.4) is 0 Å². The summed E-state index contributed by atoms with van der Waals surface area (Å²) in [6, 6.07) is 1.26. The summed E-state index contributed by atoms with van der Waals surface area (Å²) in [5, 5.41) is 7.00. The number of alkyl halides is 3. The van der Waals surface area contributed by atoms with Crippen LogP contribution in [0.4, 0.5) is 13.2 Å². The number of esters is 1. The highest BCUT2D eigenvalue weighted by atomic mass is 35.5. The van der Waals surface area contributed by atoms with Crippen molar-refractivity contribution in [3.63, 3.8) is 0 Å². The van der Waals surface area contributed by atoms with Crippen LogP contribution < -0.4 is 0 Å². The van der Waals surface area contributed by atoms with Gasteiger partial charge in [0.1, 0.15) is 12.2 Å². The highest BCUT2D eigenvalue weighted by Gasteiger charge is 2.31. The summed E-state index contributed by atoms with van der Waals surface area (Å²) >= 11 is 5.84. The summed E-state index contributed by atoms with van der Waals surface area (Å²) in [4.78, 5) is 11.4. The van der Waals surface area contributed by atoms with Gasteiger partial charge in [-0.05, 0) is 6.07 Å². The maximum atomic E-state index is 12.4. The van der Waals surface area contributed by atoms with Gasteiger partial charge in [-0.2, -0.15) is 13.2 Å². The van der Waals surface area contributed by atoms with Crippen molar-refractivity contribution >= 4 is 23.2 Å². The molecular formula is C10H7ClF3N3O2. The lowest BCUT2D eigenvalue weighted by molar-refractivity contribution is -0.128. The maximum absolute atomic E-state index is 12.4. The lowest BCUT2D eigenvalue weighted by Crippen LogP contribution is -2.14. The number of aromatic nitrogens is 3. The highest BCUT2D eigenvalue weighted by Crippen LogP contribution is 2.24. The molecule has 0 saturated carbocycles. The topological polar surface area (TPSA) is 56.5 Å². The number of halogens is 4. The largest absolute Gasteiger partial charge is 0.465 e. The van der Waals surface area contributed by atoms with E-state index in [0.29, 0.717) is 0 Å². The van der Waals surface area contributed by atoms with E-state index in [-0.39, 0.29) is 22.1 Å². The summed E-state index contributed by atoms with van der Waals surface area (Å²) in [6.45, 7) is 0. The first-order valence-corrected chi connectivity index (χ1v) is 5.38. The van der Waals surface area contributed by atoms with Crippen LogP contribution in [-0.2, 0) is 11.2 Å². The molecule has 0 atom stereocenters. The van der Waals surface area contributed by atoms with E-state index in [2.05, 4.69) is 14.9 Å². The molecule has 2 aromatic rings. The first kappa shape index (κ1) is 13.6. The first-order valence-electron chi connectivity index (χ1n) is 5.00. The summed E-state index contributed by atoms with van der Waals surface area (Å²) in [7, 11) is 1.16. The van der Waals surface area contributed by atoms with Crippen LogP contribution >= 0.6 is 11.6 Å². The van der Waals surface area contributed by atoms with E-state index in [1.165, 1.54) is 6.07 Å². The number of ether oxygens (including phenoxy) is 1. The fourth-order valence-corrected chi connectivity index (χ4v) is 1.78. The molecule has 0 saturated heterocycles. The van der Waals surface area contributed by atoms with Gasteiger partial charge in [0.05, 0.1) is 17.7 Å². The Morgan fingerprint density at radius 1 is 1.47 bits per heavy atom. The molecule has 0 unspecified atom stereocenters. The number of methoxy groups -OCH3 is 1. The predicted molar refractivity (Wildman–Crippen MR) is 59.1 cm³/mol. The Balaban J connectivity index is 2.56. The van der Waals surface area contributed by atoms with Crippen LogP contribution in [0.25, 0.3) is 5.65 Å². The summed E-state index contributed by atoms with van der Waals surface area (Å²) in [5.41, 5.74) is 0.0665. The van der Waals surface area contributed by atoms with Gasteiger partial charge in [0, 0.05) is 6.20 Å². The molecule has 2 aromatic heterocycles. The number of hydrogen-bond donors (Lipinski definition) is 0. The quantitative estimate of drug-likeness (QED) is 0.797. The Bertz CT molecular complexity index is 639. The predicted octanol–water partition coefficient (Wildman–Crippen LogP) is 2.27. The Labute approximate surface area is 109 Å². The van der Waals surface area contributed by atoms with Crippen molar-refractivity contribution in [3.05, 3.63) is 28.7 Å². The molecule has 0 aliphatic carbocycles. The Kier molecular flexibility index (Phi) is 3.36. The van der Waals surface area contributed by atoms with Crippen molar-refractivity contribution in [2.75, 3.05) is 7.11 Å². The van der Waals surface area contributed by atoms with Crippen molar-refractivity contribution in [1.29, 1.82) is 0 Å². The molecule has 2 heterocycles.